The van der Waals surface area contributed by atoms with Gasteiger partial charge >= 0.3 is 0 Å². The molecule has 1 spiro atoms. The van der Waals surface area contributed by atoms with Crippen LogP contribution in [-0.2, 0) is 5.41 Å². The van der Waals surface area contributed by atoms with E-state index in [1.54, 1.807) is 12.1 Å². The van der Waals surface area contributed by atoms with Crippen molar-refractivity contribution < 1.29 is 8.78 Å². The molecule has 2 aromatic rings. The Kier molecular flexibility index (Phi) is 3.33. The van der Waals surface area contributed by atoms with Crippen molar-refractivity contribution in [3.8, 4) is 11.1 Å². The number of benzene rings is 2. The van der Waals surface area contributed by atoms with Gasteiger partial charge in [-0.2, -0.15) is 0 Å². The Hall–Kier alpha value is -1.70. The van der Waals surface area contributed by atoms with Crippen molar-refractivity contribution >= 4 is 0 Å². The Morgan fingerprint density at radius 3 is 1.96 bits per heavy atom. The van der Waals surface area contributed by atoms with Crippen LogP contribution in [0, 0.1) is 23.5 Å². The predicted octanol–water partition coefficient (Wildman–Crippen LogP) is 6.08. The van der Waals surface area contributed by atoms with Crippen LogP contribution in [0.15, 0.2) is 36.4 Å². The molecule has 0 nitrogen and oxygen atoms in total. The third-order valence-corrected chi connectivity index (χ3v) is 6.13. The van der Waals surface area contributed by atoms with Crippen molar-refractivity contribution in [1.29, 1.82) is 0 Å². The zero-order valence-corrected chi connectivity index (χ0v) is 13.7. The molecule has 2 unspecified atom stereocenters. The van der Waals surface area contributed by atoms with Gasteiger partial charge in [0.05, 0.1) is 0 Å². The van der Waals surface area contributed by atoms with E-state index in [-0.39, 0.29) is 17.0 Å². The van der Waals surface area contributed by atoms with Gasteiger partial charge in [-0.1, -0.05) is 38.8 Å². The van der Waals surface area contributed by atoms with Crippen LogP contribution < -0.4 is 0 Å². The van der Waals surface area contributed by atoms with Gasteiger partial charge < -0.3 is 0 Å². The fourth-order valence-electron chi connectivity index (χ4n) is 5.28. The van der Waals surface area contributed by atoms with Gasteiger partial charge in [0, 0.05) is 5.41 Å². The molecule has 2 heteroatoms. The summed E-state index contributed by atoms with van der Waals surface area (Å²) < 4.78 is 28.1. The van der Waals surface area contributed by atoms with E-state index in [1.165, 1.54) is 12.1 Å². The number of fused-ring (bicyclic) bond motifs is 5. The van der Waals surface area contributed by atoms with Gasteiger partial charge in [-0.05, 0) is 71.2 Å². The summed E-state index contributed by atoms with van der Waals surface area (Å²) in [5.41, 5.74) is 4.20. The summed E-state index contributed by atoms with van der Waals surface area (Å²) >= 11 is 0. The van der Waals surface area contributed by atoms with Crippen LogP contribution in [0.3, 0.4) is 0 Å². The molecule has 0 N–H and O–H groups in total. The maximum atomic E-state index is 14.0. The van der Waals surface area contributed by atoms with Gasteiger partial charge in [0.25, 0.3) is 0 Å². The SMILES string of the molecule is CCCC1CC(CC)C12c1cc(F)ccc1-c1ccc(F)cc12. The van der Waals surface area contributed by atoms with Crippen LogP contribution in [0.2, 0.25) is 0 Å². The van der Waals surface area contributed by atoms with E-state index in [4.69, 9.17) is 0 Å². The number of hydrogen-bond acceptors (Lipinski definition) is 0. The van der Waals surface area contributed by atoms with Gasteiger partial charge in [-0.15, -0.1) is 0 Å². The summed E-state index contributed by atoms with van der Waals surface area (Å²) in [6, 6.07) is 10.2. The number of hydrogen-bond donors (Lipinski definition) is 0. The lowest BCUT2D eigenvalue weighted by atomic mass is 9.47. The summed E-state index contributed by atoms with van der Waals surface area (Å²) in [4.78, 5) is 0. The topological polar surface area (TPSA) is 0 Å². The summed E-state index contributed by atoms with van der Waals surface area (Å²) in [5, 5.41) is 0. The van der Waals surface area contributed by atoms with Crippen LogP contribution in [0.5, 0.6) is 0 Å². The Labute approximate surface area is 136 Å². The molecule has 1 fully saturated rings. The highest BCUT2D eigenvalue weighted by atomic mass is 19.1. The third-order valence-electron chi connectivity index (χ3n) is 6.13. The van der Waals surface area contributed by atoms with E-state index < -0.39 is 0 Å². The van der Waals surface area contributed by atoms with E-state index in [2.05, 4.69) is 13.8 Å². The van der Waals surface area contributed by atoms with Crippen LogP contribution in [0.4, 0.5) is 8.78 Å². The molecule has 0 aromatic heterocycles. The van der Waals surface area contributed by atoms with E-state index >= 15 is 0 Å². The quantitative estimate of drug-likeness (QED) is 0.644. The molecule has 120 valence electrons. The Balaban J connectivity index is 2.02. The van der Waals surface area contributed by atoms with E-state index in [1.807, 2.05) is 12.1 Å². The van der Waals surface area contributed by atoms with Gasteiger partial charge in [0.2, 0.25) is 0 Å². The summed E-state index contributed by atoms with van der Waals surface area (Å²) in [5.74, 6) is 0.588. The van der Waals surface area contributed by atoms with E-state index in [9.17, 15) is 8.78 Å². The number of halogens is 2. The fourth-order valence-corrected chi connectivity index (χ4v) is 5.28. The molecule has 0 aliphatic heterocycles. The molecule has 4 rings (SSSR count). The van der Waals surface area contributed by atoms with E-state index in [0.29, 0.717) is 11.8 Å². The molecule has 0 bridgehead atoms. The minimum absolute atomic E-state index is 0.181. The average Bonchev–Trinajstić information content (AvgIpc) is 2.81. The zero-order valence-electron chi connectivity index (χ0n) is 13.7. The second-order valence-electron chi connectivity index (χ2n) is 7.08. The molecule has 2 aliphatic carbocycles. The smallest absolute Gasteiger partial charge is 0.123 e. The van der Waals surface area contributed by atoms with Crippen LogP contribution in [0.1, 0.15) is 50.7 Å². The first kappa shape index (κ1) is 14.9. The van der Waals surface area contributed by atoms with Crippen molar-refractivity contribution in [3.63, 3.8) is 0 Å². The maximum Gasteiger partial charge on any atom is 0.123 e. The Morgan fingerprint density at radius 2 is 1.48 bits per heavy atom. The molecule has 2 aliphatic rings. The molecule has 2 atom stereocenters. The van der Waals surface area contributed by atoms with Gasteiger partial charge in [0.15, 0.2) is 0 Å². The highest BCUT2D eigenvalue weighted by molar-refractivity contribution is 5.82. The maximum absolute atomic E-state index is 14.0. The largest absolute Gasteiger partial charge is 0.207 e. The Bertz CT molecular complexity index is 711. The highest BCUT2D eigenvalue weighted by Gasteiger charge is 2.59. The minimum atomic E-state index is -0.187. The van der Waals surface area contributed by atoms with Gasteiger partial charge in [-0.3, -0.25) is 0 Å². The van der Waals surface area contributed by atoms with Crippen molar-refractivity contribution in [2.24, 2.45) is 11.8 Å². The van der Waals surface area contributed by atoms with E-state index in [0.717, 1.165) is 47.9 Å². The summed E-state index contributed by atoms with van der Waals surface area (Å²) in [6.07, 6.45) is 4.43. The predicted molar refractivity (Wildman–Crippen MR) is 89.4 cm³/mol. The minimum Gasteiger partial charge on any atom is -0.207 e. The van der Waals surface area contributed by atoms with Crippen molar-refractivity contribution in [3.05, 3.63) is 59.2 Å². The van der Waals surface area contributed by atoms with Gasteiger partial charge in [0.1, 0.15) is 11.6 Å². The molecule has 0 heterocycles. The monoisotopic (exact) mass is 312 g/mol. The number of rotatable bonds is 3. The normalized spacial score (nSPS) is 23.5. The lowest BCUT2D eigenvalue weighted by Crippen LogP contribution is -2.52. The first-order valence-corrected chi connectivity index (χ1v) is 8.73. The first-order valence-electron chi connectivity index (χ1n) is 8.73. The summed E-state index contributed by atoms with van der Waals surface area (Å²) in [7, 11) is 0. The second kappa shape index (κ2) is 5.15. The molecule has 0 saturated heterocycles. The van der Waals surface area contributed by atoms with Crippen molar-refractivity contribution in [1.82, 2.24) is 0 Å². The zero-order chi connectivity index (χ0) is 16.2. The van der Waals surface area contributed by atoms with Crippen LogP contribution in [0.25, 0.3) is 11.1 Å². The van der Waals surface area contributed by atoms with Gasteiger partial charge in [-0.25, -0.2) is 8.78 Å². The Morgan fingerprint density at radius 1 is 0.913 bits per heavy atom. The molecular formula is C21H22F2. The fraction of sp³-hybridized carbons (Fsp3) is 0.429. The summed E-state index contributed by atoms with van der Waals surface area (Å²) in [6.45, 7) is 4.39. The van der Waals surface area contributed by atoms with Crippen LogP contribution >= 0.6 is 0 Å². The second-order valence-corrected chi connectivity index (χ2v) is 7.08. The molecule has 1 saturated carbocycles. The standard InChI is InChI=1S/C21H22F2/c1-3-5-14-10-13(4-2)21(14)19-11-15(22)6-8-17(19)18-9-7-16(23)12-20(18)21/h6-9,11-14H,3-5,10H2,1-2H3. The molecule has 2 aromatic carbocycles. The molecule has 0 amide bonds. The van der Waals surface area contributed by atoms with Crippen molar-refractivity contribution in [2.75, 3.05) is 0 Å². The molecular weight excluding hydrogens is 290 g/mol. The highest BCUT2D eigenvalue weighted by Crippen LogP contribution is 2.66. The third kappa shape index (κ3) is 1.81. The molecule has 23 heavy (non-hydrogen) atoms. The molecule has 0 radical (unpaired) electrons. The lowest BCUT2D eigenvalue weighted by molar-refractivity contribution is 0.0532. The lowest BCUT2D eigenvalue weighted by Gasteiger charge is -2.56. The first-order chi connectivity index (χ1) is 11.1. The average molecular weight is 312 g/mol. The van der Waals surface area contributed by atoms with Crippen molar-refractivity contribution in [2.45, 2.75) is 44.9 Å². The van der Waals surface area contributed by atoms with Crippen LogP contribution in [-0.4, -0.2) is 0 Å².